The number of carbonyl (C=O) groups is 1. The molecule has 0 bridgehead atoms. The molecule has 0 aromatic carbocycles. The second kappa shape index (κ2) is 5.92. The molecule has 1 amide bonds. The number of hydrogen-bond acceptors (Lipinski definition) is 3. The number of aromatic nitrogens is 1. The van der Waals surface area contributed by atoms with E-state index < -0.39 is 27.9 Å². The average molecular weight is 341 g/mol. The first-order valence-electron chi connectivity index (χ1n) is 6.37. The minimum absolute atomic E-state index is 0.0994. The van der Waals surface area contributed by atoms with Gasteiger partial charge in [0, 0.05) is 30.5 Å². The lowest BCUT2D eigenvalue weighted by Crippen LogP contribution is -2.30. The molecular weight excluding hydrogens is 326 g/mol. The molecule has 1 aromatic heterocycles. The Kier molecular flexibility index (Phi) is 4.57. The van der Waals surface area contributed by atoms with Crippen LogP contribution in [0.3, 0.4) is 0 Å². The third-order valence-corrected chi connectivity index (χ3v) is 4.60. The summed E-state index contributed by atoms with van der Waals surface area (Å²) in [5.74, 6) is -0.0530. The van der Waals surface area contributed by atoms with Crippen molar-refractivity contribution in [2.45, 2.75) is 30.7 Å². The quantitative estimate of drug-likeness (QED) is 0.746. The van der Waals surface area contributed by atoms with Gasteiger partial charge in [-0.05, 0) is 24.8 Å². The molecule has 1 aliphatic carbocycles. The smallest absolute Gasteiger partial charge is 0.270 e. The van der Waals surface area contributed by atoms with Crippen molar-refractivity contribution in [3.63, 3.8) is 0 Å². The molecule has 9 heteroatoms. The summed E-state index contributed by atoms with van der Waals surface area (Å²) in [6.45, 7) is -0.230. The number of nitrogens with zero attached hydrogens (tertiary/aromatic N) is 2. The number of hydrogen-bond donors (Lipinski definition) is 0. The Morgan fingerprint density at radius 3 is 2.62 bits per heavy atom. The van der Waals surface area contributed by atoms with Crippen molar-refractivity contribution in [3.05, 3.63) is 18.0 Å². The normalized spacial score (nSPS) is 15.5. The van der Waals surface area contributed by atoms with E-state index in [-0.39, 0.29) is 10.6 Å². The van der Waals surface area contributed by atoms with Gasteiger partial charge in [0.1, 0.15) is 10.6 Å². The van der Waals surface area contributed by atoms with Crippen LogP contribution < -0.4 is 0 Å². The van der Waals surface area contributed by atoms with E-state index in [9.17, 15) is 22.0 Å². The average Bonchev–Trinajstić information content (AvgIpc) is 3.04. The van der Waals surface area contributed by atoms with Crippen LogP contribution in [0.4, 0.5) is 8.78 Å². The predicted molar refractivity (Wildman–Crippen MR) is 73.2 cm³/mol. The van der Waals surface area contributed by atoms with Crippen molar-refractivity contribution in [2.24, 2.45) is 5.92 Å². The van der Waals surface area contributed by atoms with Crippen molar-refractivity contribution in [1.82, 2.24) is 9.47 Å². The summed E-state index contributed by atoms with van der Waals surface area (Å²) >= 11 is 0. The van der Waals surface area contributed by atoms with Gasteiger partial charge in [0.05, 0.1) is 6.54 Å². The number of rotatable bonds is 6. The first kappa shape index (κ1) is 16.2. The fourth-order valence-electron chi connectivity index (χ4n) is 2.06. The van der Waals surface area contributed by atoms with Crippen LogP contribution in [0.25, 0.3) is 0 Å². The third-order valence-electron chi connectivity index (χ3n) is 3.28. The lowest BCUT2D eigenvalue weighted by molar-refractivity contribution is 0.0767. The van der Waals surface area contributed by atoms with Gasteiger partial charge in [0.2, 0.25) is 0 Å². The second-order valence-corrected chi connectivity index (χ2v) is 7.74. The first-order valence-corrected chi connectivity index (χ1v) is 8.68. The maximum atomic E-state index is 12.6. The minimum Gasteiger partial charge on any atom is -0.340 e. The molecule has 0 unspecified atom stereocenters. The molecule has 0 N–H and O–H groups in total. The summed E-state index contributed by atoms with van der Waals surface area (Å²) in [6, 6.07) is 1.04. The van der Waals surface area contributed by atoms with E-state index in [4.69, 9.17) is 10.7 Å². The Hall–Kier alpha value is -1.15. The lowest BCUT2D eigenvalue weighted by Gasteiger charge is -2.18. The Labute approximate surface area is 125 Å². The molecule has 1 fully saturated rings. The van der Waals surface area contributed by atoms with E-state index in [2.05, 4.69) is 0 Å². The predicted octanol–water partition coefficient (Wildman–Crippen LogP) is 2.16. The van der Waals surface area contributed by atoms with Crippen molar-refractivity contribution >= 4 is 25.6 Å². The molecule has 1 heterocycles. The van der Waals surface area contributed by atoms with Crippen molar-refractivity contribution < 1.29 is 22.0 Å². The summed E-state index contributed by atoms with van der Waals surface area (Å²) in [5, 5.41) is 0. The van der Waals surface area contributed by atoms with Crippen LogP contribution in [-0.4, -0.2) is 43.8 Å². The maximum Gasteiger partial charge on any atom is 0.270 e. The highest BCUT2D eigenvalue weighted by Crippen LogP contribution is 2.30. The van der Waals surface area contributed by atoms with Crippen LogP contribution in [0.15, 0.2) is 17.2 Å². The second-order valence-electron chi connectivity index (χ2n) is 5.17. The number of carbonyl (C=O) groups excluding carboxylic acids is 1. The van der Waals surface area contributed by atoms with E-state index in [1.54, 1.807) is 7.05 Å². The van der Waals surface area contributed by atoms with Gasteiger partial charge < -0.3 is 9.47 Å². The highest BCUT2D eigenvalue weighted by molar-refractivity contribution is 8.13. The first-order chi connectivity index (χ1) is 9.68. The number of halogens is 3. The Balaban J connectivity index is 2.30. The monoisotopic (exact) mass is 340 g/mol. The zero-order chi connectivity index (χ0) is 15.8. The molecular formula is C12H15ClF2N2O3S. The molecule has 2 rings (SSSR count). The largest absolute Gasteiger partial charge is 0.340 e. The van der Waals surface area contributed by atoms with E-state index >= 15 is 0 Å². The molecule has 118 valence electrons. The van der Waals surface area contributed by atoms with Gasteiger partial charge in [0.25, 0.3) is 21.4 Å². The van der Waals surface area contributed by atoms with Crippen molar-refractivity contribution in [1.29, 1.82) is 0 Å². The maximum absolute atomic E-state index is 12.6. The molecule has 1 aliphatic rings. The van der Waals surface area contributed by atoms with E-state index in [0.717, 1.165) is 29.7 Å². The molecule has 0 spiro atoms. The number of alkyl halides is 2. The number of amides is 1. The van der Waals surface area contributed by atoms with Crippen LogP contribution in [0.2, 0.25) is 0 Å². The zero-order valence-corrected chi connectivity index (χ0v) is 12.9. The van der Waals surface area contributed by atoms with Gasteiger partial charge in [-0.2, -0.15) is 0 Å². The Bertz CT molecular complexity index is 641. The topological polar surface area (TPSA) is 59.4 Å². The van der Waals surface area contributed by atoms with E-state index in [1.807, 2.05) is 0 Å². The fourth-order valence-corrected chi connectivity index (χ4v) is 2.82. The van der Waals surface area contributed by atoms with Gasteiger partial charge >= 0.3 is 0 Å². The molecule has 0 aliphatic heterocycles. The zero-order valence-electron chi connectivity index (χ0n) is 11.3. The van der Waals surface area contributed by atoms with Gasteiger partial charge in [-0.25, -0.2) is 17.2 Å². The van der Waals surface area contributed by atoms with Crippen molar-refractivity contribution in [2.75, 3.05) is 13.6 Å². The lowest BCUT2D eigenvalue weighted by atomic mass is 10.3. The Morgan fingerprint density at radius 2 is 2.14 bits per heavy atom. The van der Waals surface area contributed by atoms with Gasteiger partial charge in [-0.15, -0.1) is 0 Å². The SMILES string of the molecule is CN(CC1CC1)C(=O)c1cc(S(=O)(=O)Cl)cn1CC(F)F. The van der Waals surface area contributed by atoms with E-state index in [0.29, 0.717) is 12.5 Å². The van der Waals surface area contributed by atoms with Crippen LogP contribution in [-0.2, 0) is 15.6 Å². The van der Waals surface area contributed by atoms with Gasteiger partial charge in [0.15, 0.2) is 0 Å². The van der Waals surface area contributed by atoms with Gasteiger partial charge in [-0.3, -0.25) is 4.79 Å². The minimum atomic E-state index is -4.07. The molecule has 0 radical (unpaired) electrons. The van der Waals surface area contributed by atoms with Crippen molar-refractivity contribution in [3.8, 4) is 0 Å². The Morgan fingerprint density at radius 1 is 1.52 bits per heavy atom. The van der Waals surface area contributed by atoms with Crippen LogP contribution >= 0.6 is 10.7 Å². The summed E-state index contributed by atoms with van der Waals surface area (Å²) in [6.07, 6.45) is 0.337. The van der Waals surface area contributed by atoms with E-state index in [1.165, 1.54) is 4.90 Å². The van der Waals surface area contributed by atoms with Crippen LogP contribution in [0.5, 0.6) is 0 Å². The molecule has 0 atom stereocenters. The summed E-state index contributed by atoms with van der Waals surface area (Å²) in [7, 11) is 2.70. The molecule has 1 aromatic rings. The molecule has 1 saturated carbocycles. The van der Waals surface area contributed by atoms with Gasteiger partial charge in [-0.1, -0.05) is 0 Å². The highest BCUT2D eigenvalue weighted by atomic mass is 35.7. The molecule has 5 nitrogen and oxygen atoms in total. The highest BCUT2D eigenvalue weighted by Gasteiger charge is 2.28. The summed E-state index contributed by atoms with van der Waals surface area (Å²) < 4.78 is 48.7. The molecule has 21 heavy (non-hydrogen) atoms. The van der Waals surface area contributed by atoms with Crippen LogP contribution in [0, 0.1) is 5.92 Å². The third kappa shape index (κ3) is 4.16. The summed E-state index contributed by atoms with van der Waals surface area (Å²) in [5.41, 5.74) is -0.0994. The standard InChI is InChI=1S/C12H15ClF2N2O3S/c1-16(5-8-2-3-8)12(18)10-4-9(21(13,19)20)6-17(10)7-11(14)15/h4,6,8,11H,2-3,5,7H2,1H3. The summed E-state index contributed by atoms with van der Waals surface area (Å²) in [4.78, 5) is 13.3. The van der Waals surface area contributed by atoms with Crippen LogP contribution in [0.1, 0.15) is 23.3 Å². The fraction of sp³-hybridized carbons (Fsp3) is 0.583. The molecule has 0 saturated heterocycles.